The molecule has 5 heteroatoms. The van der Waals surface area contributed by atoms with Crippen molar-refractivity contribution >= 4 is 16.7 Å². The summed E-state index contributed by atoms with van der Waals surface area (Å²) < 4.78 is 14.7. The Kier molecular flexibility index (Phi) is 2.91. The van der Waals surface area contributed by atoms with Crippen LogP contribution in [0.4, 0.5) is 10.1 Å². The molecule has 0 radical (unpaired) electrons. The largest absolute Gasteiger partial charge is 0.373 e. The maximum absolute atomic E-state index is 14.7. The Bertz CT molecular complexity index is 1120. The van der Waals surface area contributed by atoms with E-state index in [0.717, 1.165) is 39.1 Å². The molecule has 2 aromatic carbocycles. The Morgan fingerprint density at radius 3 is 2.80 bits per heavy atom. The first-order valence-electron chi connectivity index (χ1n) is 8.16. The van der Waals surface area contributed by atoms with Crippen molar-refractivity contribution in [3.63, 3.8) is 0 Å². The lowest BCUT2D eigenvalue weighted by molar-refractivity contribution is 0.604. The zero-order valence-electron chi connectivity index (χ0n) is 13.5. The molecule has 3 heterocycles. The molecule has 5 rings (SSSR count). The number of anilines is 1. The van der Waals surface area contributed by atoms with Gasteiger partial charge in [0, 0.05) is 28.6 Å². The van der Waals surface area contributed by atoms with Gasteiger partial charge in [0.2, 0.25) is 0 Å². The third-order valence-electron chi connectivity index (χ3n) is 4.76. The van der Waals surface area contributed by atoms with Gasteiger partial charge < -0.3 is 10.3 Å². The van der Waals surface area contributed by atoms with Crippen LogP contribution in [0.1, 0.15) is 22.7 Å². The van der Waals surface area contributed by atoms with E-state index >= 15 is 0 Å². The number of benzene rings is 2. The number of rotatable bonds is 1. The highest BCUT2D eigenvalue weighted by molar-refractivity contribution is 5.99. The summed E-state index contributed by atoms with van der Waals surface area (Å²) in [7, 11) is 0. The van der Waals surface area contributed by atoms with Gasteiger partial charge in [0.1, 0.15) is 17.8 Å². The van der Waals surface area contributed by atoms with Gasteiger partial charge >= 0.3 is 0 Å². The van der Waals surface area contributed by atoms with Crippen LogP contribution in [0.15, 0.2) is 55.0 Å². The molecule has 0 saturated heterocycles. The lowest BCUT2D eigenvalue weighted by Crippen LogP contribution is -2.13. The highest BCUT2D eigenvalue weighted by Crippen LogP contribution is 2.42. The second kappa shape index (κ2) is 5.14. The van der Waals surface area contributed by atoms with Crippen molar-refractivity contribution in [3.05, 3.63) is 77.5 Å². The molecular weight excluding hydrogens is 315 g/mol. The standard InChI is InChI=1S/C20H15FN4/c1-11-6-7-12(15(21)8-11)18-14-9-22-20-17(14)19(23-10-24-20)13-4-2-3-5-16(13)25-18/h2-10,18,25H,1H3,(H,22,23,24). The van der Waals surface area contributed by atoms with E-state index in [4.69, 9.17) is 0 Å². The van der Waals surface area contributed by atoms with Gasteiger partial charge in [-0.25, -0.2) is 14.4 Å². The fourth-order valence-electron chi connectivity index (χ4n) is 3.58. The molecule has 25 heavy (non-hydrogen) atoms. The molecule has 0 aliphatic carbocycles. The molecule has 0 fully saturated rings. The topological polar surface area (TPSA) is 53.6 Å². The average molecular weight is 330 g/mol. The molecule has 0 saturated carbocycles. The summed E-state index contributed by atoms with van der Waals surface area (Å²) in [5, 5.41) is 4.44. The Balaban J connectivity index is 1.85. The molecule has 0 amide bonds. The second-order valence-corrected chi connectivity index (χ2v) is 6.34. The Morgan fingerprint density at radius 2 is 1.92 bits per heavy atom. The molecule has 1 unspecified atom stereocenters. The summed E-state index contributed by atoms with van der Waals surface area (Å²) in [6, 6.07) is 13.0. The normalized spacial score (nSPS) is 15.5. The number of H-pyrrole nitrogens is 1. The molecule has 1 atom stereocenters. The molecule has 0 spiro atoms. The first-order chi connectivity index (χ1) is 12.2. The predicted molar refractivity (Wildman–Crippen MR) is 95.9 cm³/mol. The van der Waals surface area contributed by atoms with Crippen LogP contribution < -0.4 is 5.32 Å². The summed E-state index contributed by atoms with van der Waals surface area (Å²) in [6.45, 7) is 1.89. The number of aromatic nitrogens is 3. The molecule has 1 aliphatic heterocycles. The van der Waals surface area contributed by atoms with Crippen molar-refractivity contribution in [2.45, 2.75) is 13.0 Å². The zero-order valence-corrected chi connectivity index (χ0v) is 13.5. The van der Waals surface area contributed by atoms with E-state index in [-0.39, 0.29) is 11.9 Å². The molecule has 0 bridgehead atoms. The molecule has 2 aromatic heterocycles. The fraction of sp³-hybridized carbons (Fsp3) is 0.100. The third kappa shape index (κ3) is 2.05. The summed E-state index contributed by atoms with van der Waals surface area (Å²) in [6.07, 6.45) is 3.45. The highest BCUT2D eigenvalue weighted by Gasteiger charge is 2.28. The van der Waals surface area contributed by atoms with E-state index in [1.165, 1.54) is 0 Å². The Morgan fingerprint density at radius 1 is 1.04 bits per heavy atom. The van der Waals surface area contributed by atoms with Crippen molar-refractivity contribution < 1.29 is 4.39 Å². The number of nitrogens with zero attached hydrogens (tertiary/aromatic N) is 2. The number of aromatic amines is 1. The number of hydrogen-bond donors (Lipinski definition) is 2. The van der Waals surface area contributed by atoms with E-state index in [9.17, 15) is 4.39 Å². The highest BCUT2D eigenvalue weighted by atomic mass is 19.1. The van der Waals surface area contributed by atoms with Crippen LogP contribution in [0, 0.1) is 12.7 Å². The van der Waals surface area contributed by atoms with Crippen molar-refractivity contribution in [1.82, 2.24) is 15.0 Å². The summed E-state index contributed by atoms with van der Waals surface area (Å²) in [5.41, 5.74) is 6.01. The number of halogens is 1. The third-order valence-corrected chi connectivity index (χ3v) is 4.76. The van der Waals surface area contributed by atoms with Crippen LogP contribution in [0.3, 0.4) is 0 Å². The lowest BCUT2D eigenvalue weighted by Gasteiger charge is -2.20. The molecule has 1 aliphatic rings. The van der Waals surface area contributed by atoms with Gasteiger partial charge in [0.05, 0.1) is 17.1 Å². The van der Waals surface area contributed by atoms with Crippen LogP contribution >= 0.6 is 0 Å². The number of hydrogen-bond acceptors (Lipinski definition) is 3. The minimum absolute atomic E-state index is 0.218. The van der Waals surface area contributed by atoms with Gasteiger partial charge in [0.25, 0.3) is 0 Å². The van der Waals surface area contributed by atoms with Crippen LogP contribution in [-0.2, 0) is 0 Å². The average Bonchev–Trinajstić information content (AvgIpc) is 2.98. The van der Waals surface area contributed by atoms with Crippen molar-refractivity contribution in [1.29, 1.82) is 0 Å². The van der Waals surface area contributed by atoms with Gasteiger partial charge in [-0.2, -0.15) is 0 Å². The number of para-hydroxylation sites is 1. The van der Waals surface area contributed by atoms with Crippen LogP contribution in [0.2, 0.25) is 0 Å². The van der Waals surface area contributed by atoms with Crippen molar-refractivity contribution in [2.75, 3.05) is 5.32 Å². The zero-order chi connectivity index (χ0) is 17.0. The Hall–Kier alpha value is -3.21. The van der Waals surface area contributed by atoms with Gasteiger partial charge in [-0.05, 0) is 24.6 Å². The number of aryl methyl sites for hydroxylation is 1. The van der Waals surface area contributed by atoms with Crippen LogP contribution in [0.25, 0.3) is 22.3 Å². The summed E-state index contributed by atoms with van der Waals surface area (Å²) in [4.78, 5) is 12.0. The van der Waals surface area contributed by atoms with Gasteiger partial charge in [-0.1, -0.05) is 30.3 Å². The van der Waals surface area contributed by atoms with Gasteiger partial charge in [-0.3, -0.25) is 0 Å². The van der Waals surface area contributed by atoms with Gasteiger partial charge in [0.15, 0.2) is 0 Å². The molecule has 4 nitrogen and oxygen atoms in total. The quantitative estimate of drug-likeness (QED) is 0.537. The minimum atomic E-state index is -0.317. The summed E-state index contributed by atoms with van der Waals surface area (Å²) in [5.74, 6) is -0.218. The fourth-order valence-corrected chi connectivity index (χ4v) is 3.58. The monoisotopic (exact) mass is 330 g/mol. The van der Waals surface area contributed by atoms with E-state index < -0.39 is 0 Å². The first kappa shape index (κ1) is 14.2. The van der Waals surface area contributed by atoms with Gasteiger partial charge in [-0.15, -0.1) is 0 Å². The smallest absolute Gasteiger partial charge is 0.141 e. The number of fused-ring (bicyclic) bond motifs is 2. The molecule has 2 N–H and O–H groups in total. The van der Waals surface area contributed by atoms with E-state index in [1.54, 1.807) is 12.4 Å². The van der Waals surface area contributed by atoms with E-state index in [2.05, 4.69) is 20.3 Å². The van der Waals surface area contributed by atoms with E-state index in [1.807, 2.05) is 49.5 Å². The first-order valence-corrected chi connectivity index (χ1v) is 8.16. The lowest BCUT2D eigenvalue weighted by atomic mass is 9.97. The second-order valence-electron chi connectivity index (χ2n) is 6.34. The minimum Gasteiger partial charge on any atom is -0.373 e. The molecular formula is C20H15FN4. The maximum Gasteiger partial charge on any atom is 0.141 e. The SMILES string of the molecule is Cc1ccc(C2Nc3ccccc3-c3ncnc4[nH]cc2c34)c(F)c1. The van der Waals surface area contributed by atoms with Crippen molar-refractivity contribution in [2.24, 2.45) is 0 Å². The predicted octanol–water partition coefficient (Wildman–Crippen LogP) is 4.59. The molecule has 4 aromatic rings. The molecule has 122 valence electrons. The van der Waals surface area contributed by atoms with Crippen molar-refractivity contribution in [3.8, 4) is 11.3 Å². The summed E-state index contributed by atoms with van der Waals surface area (Å²) >= 11 is 0. The maximum atomic E-state index is 14.7. The van der Waals surface area contributed by atoms with Crippen LogP contribution in [0.5, 0.6) is 0 Å². The van der Waals surface area contributed by atoms with E-state index in [0.29, 0.717) is 5.56 Å². The van der Waals surface area contributed by atoms with Crippen LogP contribution in [-0.4, -0.2) is 15.0 Å². The number of nitrogens with one attached hydrogen (secondary N) is 2. The Labute approximate surface area is 143 Å².